The van der Waals surface area contributed by atoms with Crippen molar-refractivity contribution in [3.8, 4) is 0 Å². The van der Waals surface area contributed by atoms with E-state index in [1.165, 1.54) is 7.11 Å². The molecule has 0 atom stereocenters. The second-order valence-corrected chi connectivity index (χ2v) is 4.71. The summed E-state index contributed by atoms with van der Waals surface area (Å²) in [5, 5.41) is 3.19. The molecule has 1 aromatic carbocycles. The lowest BCUT2D eigenvalue weighted by molar-refractivity contribution is 0.0601. The van der Waals surface area contributed by atoms with Crippen molar-refractivity contribution in [2.24, 2.45) is 0 Å². The summed E-state index contributed by atoms with van der Waals surface area (Å²) in [7, 11) is 1.36. The van der Waals surface area contributed by atoms with Crippen molar-refractivity contribution in [2.45, 2.75) is 6.54 Å². The average molecular weight is 321 g/mol. The maximum absolute atomic E-state index is 11.6. The highest BCUT2D eigenvalue weighted by Crippen LogP contribution is 2.19. The molecule has 2 rings (SSSR count). The number of anilines is 1. The molecule has 1 heterocycles. The van der Waals surface area contributed by atoms with Gasteiger partial charge in [-0.1, -0.05) is 34.1 Å². The zero-order chi connectivity index (χ0) is 13.7. The lowest BCUT2D eigenvalue weighted by Gasteiger charge is -2.11. The normalized spacial score (nSPS) is 10.0. The Balaban J connectivity index is 2.16. The van der Waals surface area contributed by atoms with Crippen molar-refractivity contribution in [1.29, 1.82) is 0 Å². The Hall–Kier alpha value is -1.88. The van der Waals surface area contributed by atoms with Gasteiger partial charge in [-0.15, -0.1) is 0 Å². The van der Waals surface area contributed by atoms with Crippen LogP contribution in [0.3, 0.4) is 0 Å². The molecule has 0 amide bonds. The molecule has 0 saturated heterocycles. The van der Waals surface area contributed by atoms with Crippen LogP contribution < -0.4 is 5.32 Å². The molecular formula is C14H13BrN2O2. The molecule has 0 bridgehead atoms. The molecule has 98 valence electrons. The van der Waals surface area contributed by atoms with E-state index in [9.17, 15) is 4.79 Å². The van der Waals surface area contributed by atoms with Gasteiger partial charge in [0.25, 0.3) is 0 Å². The molecular weight excluding hydrogens is 308 g/mol. The van der Waals surface area contributed by atoms with Gasteiger partial charge in [0.2, 0.25) is 0 Å². The molecule has 0 saturated carbocycles. The van der Waals surface area contributed by atoms with Crippen LogP contribution in [0, 0.1) is 0 Å². The van der Waals surface area contributed by atoms with Crippen molar-refractivity contribution in [1.82, 2.24) is 4.98 Å². The number of pyridine rings is 1. The van der Waals surface area contributed by atoms with Crippen LogP contribution in [0.2, 0.25) is 0 Å². The summed E-state index contributed by atoms with van der Waals surface area (Å²) in [5.74, 6) is -0.378. The van der Waals surface area contributed by atoms with Crippen molar-refractivity contribution in [3.63, 3.8) is 0 Å². The number of halogens is 1. The summed E-state index contributed by atoms with van der Waals surface area (Å²) in [6, 6.07) is 9.53. The molecule has 0 fully saturated rings. The third-order valence-electron chi connectivity index (χ3n) is 2.65. The fraction of sp³-hybridized carbons (Fsp3) is 0.143. The number of carbonyl (C=O) groups is 1. The fourth-order valence-corrected chi connectivity index (χ4v) is 2.08. The number of hydrogen-bond acceptors (Lipinski definition) is 4. The molecule has 19 heavy (non-hydrogen) atoms. The van der Waals surface area contributed by atoms with E-state index in [1.54, 1.807) is 18.5 Å². The predicted molar refractivity (Wildman–Crippen MR) is 77.0 cm³/mol. The number of esters is 1. The summed E-state index contributed by atoms with van der Waals surface area (Å²) >= 11 is 3.48. The van der Waals surface area contributed by atoms with Gasteiger partial charge in [-0.25, -0.2) is 4.79 Å². The van der Waals surface area contributed by atoms with Crippen molar-refractivity contribution >= 4 is 27.6 Å². The maximum Gasteiger partial charge on any atom is 0.340 e. The summed E-state index contributed by atoms with van der Waals surface area (Å²) in [6.45, 7) is 0.594. The van der Waals surface area contributed by atoms with Crippen LogP contribution in [0.25, 0.3) is 0 Å². The number of hydrogen-bond donors (Lipinski definition) is 1. The van der Waals surface area contributed by atoms with Gasteiger partial charge >= 0.3 is 5.97 Å². The third-order valence-corrected chi connectivity index (χ3v) is 3.43. The number of carbonyl (C=O) groups excluding carboxylic acids is 1. The number of methoxy groups -OCH3 is 1. The summed E-state index contributed by atoms with van der Waals surface area (Å²) in [5.41, 5.74) is 2.23. The van der Waals surface area contributed by atoms with E-state index in [2.05, 4.69) is 26.2 Å². The molecule has 4 nitrogen and oxygen atoms in total. The van der Waals surface area contributed by atoms with Crippen molar-refractivity contribution in [2.75, 3.05) is 12.4 Å². The van der Waals surface area contributed by atoms with Gasteiger partial charge in [0, 0.05) is 17.2 Å². The molecule has 0 aliphatic heterocycles. The van der Waals surface area contributed by atoms with Crippen molar-refractivity contribution < 1.29 is 9.53 Å². The Morgan fingerprint density at radius 2 is 2.16 bits per heavy atom. The van der Waals surface area contributed by atoms with Crippen molar-refractivity contribution in [3.05, 3.63) is 58.3 Å². The minimum Gasteiger partial charge on any atom is -0.465 e. The number of rotatable bonds is 4. The van der Waals surface area contributed by atoms with Crippen LogP contribution in [-0.2, 0) is 11.3 Å². The average Bonchev–Trinajstić information content (AvgIpc) is 2.46. The van der Waals surface area contributed by atoms with Gasteiger partial charge in [0.1, 0.15) is 0 Å². The van der Waals surface area contributed by atoms with E-state index in [4.69, 9.17) is 4.74 Å². The fourth-order valence-electron chi connectivity index (χ4n) is 1.66. The number of nitrogens with one attached hydrogen (secondary N) is 1. The van der Waals surface area contributed by atoms with Gasteiger partial charge in [-0.2, -0.15) is 0 Å². The lowest BCUT2D eigenvalue weighted by atomic mass is 10.2. The van der Waals surface area contributed by atoms with Gasteiger partial charge in [-0.05, 0) is 17.7 Å². The molecule has 0 aliphatic rings. The number of ether oxygens (including phenoxy) is 1. The Bertz CT molecular complexity index is 587. The highest BCUT2D eigenvalue weighted by molar-refractivity contribution is 9.10. The molecule has 0 unspecified atom stereocenters. The third kappa shape index (κ3) is 3.32. The molecule has 0 aliphatic carbocycles. The summed E-state index contributed by atoms with van der Waals surface area (Å²) in [4.78, 5) is 15.6. The van der Waals surface area contributed by atoms with Gasteiger partial charge in [0.05, 0.1) is 24.6 Å². The second-order valence-electron chi connectivity index (χ2n) is 3.86. The number of nitrogens with zero attached hydrogens (tertiary/aromatic N) is 1. The van der Waals surface area contributed by atoms with Gasteiger partial charge < -0.3 is 10.1 Å². The largest absolute Gasteiger partial charge is 0.465 e. The standard InChI is InChI=1S/C14H13BrN2O2/c1-19-14(18)11-6-7-16-9-13(11)17-8-10-4-2-3-5-12(10)15/h2-7,9,17H,8H2,1H3. The van der Waals surface area contributed by atoms with E-state index < -0.39 is 0 Å². The predicted octanol–water partition coefficient (Wildman–Crippen LogP) is 3.24. The van der Waals surface area contributed by atoms with Crippen LogP contribution in [0.15, 0.2) is 47.2 Å². The first-order valence-corrected chi connectivity index (χ1v) is 6.51. The van der Waals surface area contributed by atoms with Gasteiger partial charge in [0.15, 0.2) is 0 Å². The summed E-state index contributed by atoms with van der Waals surface area (Å²) in [6.07, 6.45) is 3.18. The first-order valence-electron chi connectivity index (χ1n) is 5.72. The van der Waals surface area contributed by atoms with Crippen LogP contribution in [-0.4, -0.2) is 18.1 Å². The molecule has 0 radical (unpaired) electrons. The highest BCUT2D eigenvalue weighted by Gasteiger charge is 2.11. The van der Waals surface area contributed by atoms with E-state index in [0.29, 0.717) is 17.8 Å². The molecule has 1 N–H and O–H groups in total. The lowest BCUT2D eigenvalue weighted by Crippen LogP contribution is -2.08. The quantitative estimate of drug-likeness (QED) is 0.879. The molecule has 0 spiro atoms. The minimum absolute atomic E-state index is 0.378. The zero-order valence-electron chi connectivity index (χ0n) is 10.4. The summed E-state index contributed by atoms with van der Waals surface area (Å²) < 4.78 is 5.76. The topological polar surface area (TPSA) is 51.2 Å². The minimum atomic E-state index is -0.378. The van der Waals surface area contributed by atoms with E-state index >= 15 is 0 Å². The zero-order valence-corrected chi connectivity index (χ0v) is 12.0. The van der Waals surface area contributed by atoms with E-state index in [-0.39, 0.29) is 5.97 Å². The number of benzene rings is 1. The highest BCUT2D eigenvalue weighted by atomic mass is 79.9. The molecule has 1 aromatic heterocycles. The Morgan fingerprint density at radius 1 is 1.37 bits per heavy atom. The van der Waals surface area contributed by atoms with E-state index in [1.807, 2.05) is 24.3 Å². The number of aromatic nitrogens is 1. The van der Waals surface area contributed by atoms with Crippen LogP contribution >= 0.6 is 15.9 Å². The van der Waals surface area contributed by atoms with Gasteiger partial charge in [-0.3, -0.25) is 4.98 Å². The van der Waals surface area contributed by atoms with Crippen LogP contribution in [0.5, 0.6) is 0 Å². The maximum atomic E-state index is 11.6. The Kier molecular flexibility index (Phi) is 4.52. The first kappa shape index (κ1) is 13.5. The smallest absolute Gasteiger partial charge is 0.340 e. The van der Waals surface area contributed by atoms with Crippen LogP contribution in [0.1, 0.15) is 15.9 Å². The SMILES string of the molecule is COC(=O)c1ccncc1NCc1ccccc1Br. The van der Waals surface area contributed by atoms with Crippen LogP contribution in [0.4, 0.5) is 5.69 Å². The monoisotopic (exact) mass is 320 g/mol. The first-order chi connectivity index (χ1) is 9.22. The van der Waals surface area contributed by atoms with E-state index in [0.717, 1.165) is 10.0 Å². The Labute approximate surface area is 119 Å². The molecule has 5 heteroatoms. The second kappa shape index (κ2) is 6.33. The molecule has 2 aromatic rings. The Morgan fingerprint density at radius 3 is 2.89 bits per heavy atom.